The summed E-state index contributed by atoms with van der Waals surface area (Å²) in [5.41, 5.74) is 0. The van der Waals surface area contributed by atoms with Crippen molar-refractivity contribution in [3.8, 4) is 0 Å². The maximum absolute atomic E-state index is 10.2. The van der Waals surface area contributed by atoms with Gasteiger partial charge in [0.05, 0.1) is 6.61 Å². The summed E-state index contributed by atoms with van der Waals surface area (Å²) in [6.45, 7) is 0.680. The molecule has 3 nitrogen and oxygen atoms in total. The molecule has 0 N–H and O–H groups in total. The molecule has 3 heteroatoms. The van der Waals surface area contributed by atoms with E-state index in [-0.39, 0.29) is 0 Å². The summed E-state index contributed by atoms with van der Waals surface area (Å²) in [5.74, 6) is 0.817. The van der Waals surface area contributed by atoms with Crippen LogP contribution in [0.25, 0.3) is 0 Å². The molecule has 0 aromatic heterocycles. The van der Waals surface area contributed by atoms with Gasteiger partial charge in [-0.25, -0.2) is 5.06 Å². The standard InChI is InChI=1S/C11H21NO2/c1-12(10-13)14-9-8-11-6-4-2-3-5-7-11/h10-11H,2-9H2,1H3. The van der Waals surface area contributed by atoms with Gasteiger partial charge in [-0.3, -0.25) is 9.63 Å². The molecule has 82 valence electrons. The molecule has 0 aromatic carbocycles. The van der Waals surface area contributed by atoms with E-state index in [1.165, 1.54) is 43.6 Å². The highest BCUT2D eigenvalue weighted by Crippen LogP contribution is 2.25. The van der Waals surface area contributed by atoms with Crippen LogP contribution in [-0.2, 0) is 9.63 Å². The smallest absolute Gasteiger partial charge is 0.233 e. The fourth-order valence-corrected chi connectivity index (χ4v) is 2.05. The summed E-state index contributed by atoms with van der Waals surface area (Å²) < 4.78 is 0. The summed E-state index contributed by atoms with van der Waals surface area (Å²) >= 11 is 0. The van der Waals surface area contributed by atoms with Crippen LogP contribution in [0, 0.1) is 5.92 Å². The summed E-state index contributed by atoms with van der Waals surface area (Å²) in [7, 11) is 1.64. The molecule has 0 saturated heterocycles. The zero-order valence-electron chi connectivity index (χ0n) is 9.08. The van der Waals surface area contributed by atoms with Crippen LogP contribution in [-0.4, -0.2) is 25.1 Å². The number of rotatable bonds is 5. The first-order chi connectivity index (χ1) is 6.83. The summed E-state index contributed by atoms with van der Waals surface area (Å²) in [5, 5.41) is 1.25. The first kappa shape index (κ1) is 11.5. The molecule has 0 radical (unpaired) electrons. The average Bonchev–Trinajstić information content (AvgIpc) is 2.46. The third-order valence-electron chi connectivity index (χ3n) is 2.94. The zero-order chi connectivity index (χ0) is 10.2. The highest BCUT2D eigenvalue weighted by molar-refractivity contribution is 5.44. The largest absolute Gasteiger partial charge is 0.276 e. The molecular formula is C11H21NO2. The van der Waals surface area contributed by atoms with Crippen molar-refractivity contribution in [1.82, 2.24) is 5.06 Å². The van der Waals surface area contributed by atoms with Gasteiger partial charge in [0, 0.05) is 7.05 Å². The average molecular weight is 199 g/mol. The second-order valence-corrected chi connectivity index (χ2v) is 4.13. The minimum Gasteiger partial charge on any atom is -0.276 e. The fourth-order valence-electron chi connectivity index (χ4n) is 2.05. The Balaban J connectivity index is 2.07. The van der Waals surface area contributed by atoms with Crippen molar-refractivity contribution in [3.63, 3.8) is 0 Å². The molecule has 0 aliphatic heterocycles. The Hall–Kier alpha value is -0.570. The number of carbonyl (C=O) groups excluding carboxylic acids is 1. The Morgan fingerprint density at radius 2 is 1.93 bits per heavy atom. The molecule has 1 fully saturated rings. The lowest BCUT2D eigenvalue weighted by atomic mass is 9.97. The molecule has 1 aliphatic carbocycles. The van der Waals surface area contributed by atoms with E-state index < -0.39 is 0 Å². The van der Waals surface area contributed by atoms with Gasteiger partial charge >= 0.3 is 0 Å². The third kappa shape index (κ3) is 4.61. The Kier molecular flexibility index (Phi) is 5.60. The van der Waals surface area contributed by atoms with Crippen LogP contribution in [0.1, 0.15) is 44.9 Å². The van der Waals surface area contributed by atoms with Crippen LogP contribution >= 0.6 is 0 Å². The summed E-state index contributed by atoms with van der Waals surface area (Å²) in [6.07, 6.45) is 10.0. The predicted octanol–water partition coefficient (Wildman–Crippen LogP) is 2.37. The van der Waals surface area contributed by atoms with Gasteiger partial charge < -0.3 is 0 Å². The molecule has 1 amide bonds. The monoisotopic (exact) mass is 199 g/mol. The van der Waals surface area contributed by atoms with Gasteiger partial charge in [0.1, 0.15) is 0 Å². The maximum Gasteiger partial charge on any atom is 0.233 e. The molecule has 0 bridgehead atoms. The van der Waals surface area contributed by atoms with Gasteiger partial charge in [0.25, 0.3) is 0 Å². The number of hydrogen-bond donors (Lipinski definition) is 0. The first-order valence-electron chi connectivity index (χ1n) is 5.64. The van der Waals surface area contributed by atoms with Gasteiger partial charge in [0.2, 0.25) is 6.41 Å². The second-order valence-electron chi connectivity index (χ2n) is 4.13. The number of nitrogens with zero attached hydrogens (tertiary/aromatic N) is 1. The van der Waals surface area contributed by atoms with Crippen LogP contribution < -0.4 is 0 Å². The third-order valence-corrected chi connectivity index (χ3v) is 2.94. The Morgan fingerprint density at radius 1 is 1.29 bits per heavy atom. The highest BCUT2D eigenvalue weighted by atomic mass is 16.7. The molecule has 14 heavy (non-hydrogen) atoms. The lowest BCUT2D eigenvalue weighted by Gasteiger charge is -2.15. The van der Waals surface area contributed by atoms with E-state index in [1.54, 1.807) is 7.05 Å². The van der Waals surface area contributed by atoms with Gasteiger partial charge in [-0.2, -0.15) is 0 Å². The maximum atomic E-state index is 10.2. The summed E-state index contributed by atoms with van der Waals surface area (Å²) in [4.78, 5) is 15.4. The van der Waals surface area contributed by atoms with Crippen molar-refractivity contribution in [3.05, 3.63) is 0 Å². The van der Waals surface area contributed by atoms with Crippen molar-refractivity contribution < 1.29 is 9.63 Å². The van der Waals surface area contributed by atoms with Crippen LogP contribution in [0.5, 0.6) is 0 Å². The van der Waals surface area contributed by atoms with Gasteiger partial charge in [0.15, 0.2) is 0 Å². The number of hydroxylamine groups is 2. The van der Waals surface area contributed by atoms with E-state index in [9.17, 15) is 4.79 Å². The van der Waals surface area contributed by atoms with Gasteiger partial charge in [-0.1, -0.05) is 38.5 Å². The van der Waals surface area contributed by atoms with Crippen LogP contribution in [0.3, 0.4) is 0 Å². The molecule has 0 atom stereocenters. The van der Waals surface area contributed by atoms with Crippen LogP contribution in [0.4, 0.5) is 0 Å². The highest BCUT2D eigenvalue weighted by Gasteiger charge is 2.12. The molecule has 1 aliphatic rings. The first-order valence-corrected chi connectivity index (χ1v) is 5.64. The fraction of sp³-hybridized carbons (Fsp3) is 0.909. The molecular weight excluding hydrogens is 178 g/mol. The van der Waals surface area contributed by atoms with E-state index in [2.05, 4.69) is 0 Å². The van der Waals surface area contributed by atoms with Crippen molar-refractivity contribution in [1.29, 1.82) is 0 Å². The molecule has 0 unspecified atom stereocenters. The number of carbonyl (C=O) groups is 1. The van der Waals surface area contributed by atoms with Crippen LogP contribution in [0.2, 0.25) is 0 Å². The van der Waals surface area contributed by atoms with Crippen molar-refractivity contribution in [2.75, 3.05) is 13.7 Å². The minimum absolute atomic E-state index is 0.680. The number of hydrogen-bond acceptors (Lipinski definition) is 2. The van der Waals surface area contributed by atoms with E-state index in [4.69, 9.17) is 4.84 Å². The Morgan fingerprint density at radius 3 is 2.50 bits per heavy atom. The minimum atomic E-state index is 0.680. The zero-order valence-corrected chi connectivity index (χ0v) is 9.08. The lowest BCUT2D eigenvalue weighted by molar-refractivity contribution is -0.164. The summed E-state index contributed by atoms with van der Waals surface area (Å²) in [6, 6.07) is 0. The molecule has 0 heterocycles. The SMILES string of the molecule is CN(C=O)OCCC1CCCCCC1. The molecule has 1 rings (SSSR count). The second kappa shape index (κ2) is 6.82. The Labute approximate surface area is 86.4 Å². The lowest BCUT2D eigenvalue weighted by Crippen LogP contribution is -2.18. The quantitative estimate of drug-likeness (QED) is 0.386. The van der Waals surface area contributed by atoms with E-state index >= 15 is 0 Å². The number of amides is 1. The van der Waals surface area contributed by atoms with Crippen LogP contribution in [0.15, 0.2) is 0 Å². The van der Waals surface area contributed by atoms with E-state index in [1.807, 2.05) is 0 Å². The van der Waals surface area contributed by atoms with Gasteiger partial charge in [-0.15, -0.1) is 0 Å². The van der Waals surface area contributed by atoms with Crippen molar-refractivity contribution in [2.45, 2.75) is 44.9 Å². The topological polar surface area (TPSA) is 29.5 Å². The van der Waals surface area contributed by atoms with Gasteiger partial charge in [-0.05, 0) is 12.3 Å². The van der Waals surface area contributed by atoms with E-state index in [0.717, 1.165) is 12.3 Å². The van der Waals surface area contributed by atoms with E-state index in [0.29, 0.717) is 13.0 Å². The molecule has 0 spiro atoms. The van der Waals surface area contributed by atoms with Crippen molar-refractivity contribution in [2.24, 2.45) is 5.92 Å². The molecule has 0 aromatic rings. The molecule has 1 saturated carbocycles. The Bertz CT molecular complexity index is 153. The van der Waals surface area contributed by atoms with Crippen molar-refractivity contribution >= 4 is 6.41 Å². The predicted molar refractivity (Wildman–Crippen MR) is 55.6 cm³/mol. The normalized spacial score (nSPS) is 18.9.